The summed E-state index contributed by atoms with van der Waals surface area (Å²) in [6, 6.07) is 24.2. The first kappa shape index (κ1) is 23.7. The first-order valence-corrected chi connectivity index (χ1v) is 11.6. The Bertz CT molecular complexity index is 1200. The van der Waals surface area contributed by atoms with E-state index in [0.29, 0.717) is 28.5 Å². The summed E-state index contributed by atoms with van der Waals surface area (Å²) in [5.41, 5.74) is 3.59. The lowest BCUT2D eigenvalue weighted by molar-refractivity contribution is -0.135. The standard InChI is InChI=1S/C27H26ClN3O3/c28-22-13-6-4-11-20(22)18-31-16-8-15-24(31)27(34)30-23-14-7-5-12-21(23)26(29-17-25(32)33)19-9-2-1-3-10-19/h1-7,9-14,24H,8,15-18H2,(H,30,34)(H,32,33)/t24-/m0/s1. The quantitative estimate of drug-likeness (QED) is 0.455. The van der Waals surface area contributed by atoms with Crippen molar-refractivity contribution < 1.29 is 14.7 Å². The molecular formula is C27H26ClN3O3. The molecule has 0 unspecified atom stereocenters. The van der Waals surface area contributed by atoms with Gasteiger partial charge in [0.2, 0.25) is 5.91 Å². The summed E-state index contributed by atoms with van der Waals surface area (Å²) < 4.78 is 0. The zero-order valence-corrected chi connectivity index (χ0v) is 19.4. The highest BCUT2D eigenvalue weighted by Gasteiger charge is 2.31. The van der Waals surface area contributed by atoms with E-state index in [4.69, 9.17) is 11.6 Å². The van der Waals surface area contributed by atoms with Gasteiger partial charge in [0.15, 0.2) is 0 Å². The fourth-order valence-electron chi connectivity index (χ4n) is 4.25. The molecule has 0 aromatic heterocycles. The highest BCUT2D eigenvalue weighted by molar-refractivity contribution is 6.31. The number of carbonyl (C=O) groups excluding carboxylic acids is 1. The second-order valence-corrected chi connectivity index (χ2v) is 8.59. The van der Waals surface area contributed by atoms with E-state index < -0.39 is 5.97 Å². The number of carboxylic acids is 1. The van der Waals surface area contributed by atoms with E-state index in [1.165, 1.54) is 0 Å². The van der Waals surface area contributed by atoms with Gasteiger partial charge in [-0.2, -0.15) is 0 Å². The molecule has 1 fully saturated rings. The molecule has 174 valence electrons. The van der Waals surface area contributed by atoms with Gasteiger partial charge in [-0.1, -0.05) is 78.3 Å². The third-order valence-corrected chi connectivity index (χ3v) is 6.23. The summed E-state index contributed by atoms with van der Waals surface area (Å²) >= 11 is 6.34. The van der Waals surface area contributed by atoms with Crippen molar-refractivity contribution in [3.8, 4) is 0 Å². The van der Waals surface area contributed by atoms with Crippen molar-refractivity contribution in [1.82, 2.24) is 4.90 Å². The van der Waals surface area contributed by atoms with Crippen LogP contribution in [0.25, 0.3) is 0 Å². The van der Waals surface area contributed by atoms with Crippen LogP contribution < -0.4 is 5.32 Å². The summed E-state index contributed by atoms with van der Waals surface area (Å²) in [4.78, 5) is 31.1. The molecule has 1 atom stereocenters. The van der Waals surface area contributed by atoms with Gasteiger partial charge in [-0.05, 0) is 37.1 Å². The molecule has 1 amide bonds. The molecular weight excluding hydrogens is 450 g/mol. The number of carboxylic acid groups (broad SMARTS) is 1. The topological polar surface area (TPSA) is 82.0 Å². The molecule has 3 aromatic rings. The van der Waals surface area contributed by atoms with Gasteiger partial charge < -0.3 is 10.4 Å². The second-order valence-electron chi connectivity index (χ2n) is 8.18. The fourth-order valence-corrected chi connectivity index (χ4v) is 4.44. The lowest BCUT2D eigenvalue weighted by Crippen LogP contribution is -2.39. The predicted octanol–water partition coefficient (Wildman–Crippen LogP) is 4.87. The van der Waals surface area contributed by atoms with Crippen molar-refractivity contribution in [2.45, 2.75) is 25.4 Å². The van der Waals surface area contributed by atoms with Crippen molar-refractivity contribution in [3.05, 3.63) is 101 Å². The Morgan fingerprint density at radius 2 is 1.71 bits per heavy atom. The average Bonchev–Trinajstić information content (AvgIpc) is 3.30. The van der Waals surface area contributed by atoms with Gasteiger partial charge in [0.1, 0.15) is 6.54 Å². The molecule has 0 spiro atoms. The number of carbonyl (C=O) groups is 2. The number of rotatable bonds is 8. The van der Waals surface area contributed by atoms with E-state index >= 15 is 0 Å². The van der Waals surface area contributed by atoms with Crippen LogP contribution in [0, 0.1) is 0 Å². The van der Waals surface area contributed by atoms with E-state index in [0.717, 1.165) is 30.5 Å². The molecule has 1 aliphatic heterocycles. The van der Waals surface area contributed by atoms with Crippen LogP contribution in [0.4, 0.5) is 5.69 Å². The number of likely N-dealkylation sites (tertiary alicyclic amines) is 1. The highest BCUT2D eigenvalue weighted by atomic mass is 35.5. The highest BCUT2D eigenvalue weighted by Crippen LogP contribution is 2.26. The molecule has 0 radical (unpaired) electrons. The van der Waals surface area contributed by atoms with E-state index in [1.54, 1.807) is 0 Å². The minimum atomic E-state index is -1.02. The number of nitrogens with zero attached hydrogens (tertiary/aromatic N) is 2. The Kier molecular flexibility index (Phi) is 7.72. The number of hydrogen-bond donors (Lipinski definition) is 2. The van der Waals surface area contributed by atoms with E-state index in [2.05, 4.69) is 15.2 Å². The SMILES string of the molecule is O=C(O)CN=C(c1ccccc1)c1ccccc1NC(=O)[C@@H]1CCCN1Cc1ccccc1Cl. The third kappa shape index (κ3) is 5.71. The maximum Gasteiger partial charge on any atom is 0.325 e. The summed E-state index contributed by atoms with van der Waals surface area (Å²) in [7, 11) is 0. The smallest absolute Gasteiger partial charge is 0.325 e. The van der Waals surface area contributed by atoms with Gasteiger partial charge in [0.25, 0.3) is 0 Å². The summed E-state index contributed by atoms with van der Waals surface area (Å²) in [6.07, 6.45) is 1.69. The molecule has 4 rings (SSSR count). The minimum Gasteiger partial charge on any atom is -0.480 e. The van der Waals surface area contributed by atoms with Gasteiger partial charge >= 0.3 is 5.97 Å². The number of para-hydroxylation sites is 1. The van der Waals surface area contributed by atoms with Gasteiger partial charge in [0, 0.05) is 22.7 Å². The van der Waals surface area contributed by atoms with Gasteiger partial charge in [0.05, 0.1) is 17.4 Å². The monoisotopic (exact) mass is 475 g/mol. The number of amides is 1. The summed E-state index contributed by atoms with van der Waals surface area (Å²) in [5, 5.41) is 13.0. The Morgan fingerprint density at radius 3 is 2.47 bits per heavy atom. The third-order valence-electron chi connectivity index (χ3n) is 5.86. The molecule has 0 bridgehead atoms. The van der Waals surface area contributed by atoms with Crippen molar-refractivity contribution in [2.24, 2.45) is 4.99 Å². The number of anilines is 1. The molecule has 1 saturated heterocycles. The largest absolute Gasteiger partial charge is 0.480 e. The molecule has 3 aromatic carbocycles. The number of nitrogens with one attached hydrogen (secondary N) is 1. The predicted molar refractivity (Wildman–Crippen MR) is 135 cm³/mol. The number of aliphatic carboxylic acids is 1. The van der Waals surface area contributed by atoms with Crippen LogP contribution >= 0.6 is 11.6 Å². The lowest BCUT2D eigenvalue weighted by atomic mass is 10.00. The maximum atomic E-state index is 13.4. The van der Waals surface area contributed by atoms with Crippen LogP contribution in [0.1, 0.15) is 29.5 Å². The molecule has 7 heteroatoms. The van der Waals surface area contributed by atoms with Gasteiger partial charge in [-0.15, -0.1) is 0 Å². The fraction of sp³-hybridized carbons (Fsp3) is 0.222. The van der Waals surface area contributed by atoms with Crippen molar-refractivity contribution in [3.63, 3.8) is 0 Å². The van der Waals surface area contributed by atoms with Gasteiger partial charge in [-0.3, -0.25) is 19.5 Å². The molecule has 2 N–H and O–H groups in total. The van der Waals surface area contributed by atoms with Gasteiger partial charge in [-0.25, -0.2) is 0 Å². The molecule has 0 aliphatic carbocycles. The molecule has 6 nitrogen and oxygen atoms in total. The minimum absolute atomic E-state index is 0.0948. The van der Waals surface area contributed by atoms with Crippen LogP contribution in [0.15, 0.2) is 83.9 Å². The number of aliphatic imine (C=N–C) groups is 1. The van der Waals surface area contributed by atoms with E-state index in [1.807, 2.05) is 78.9 Å². The molecule has 0 saturated carbocycles. The number of halogens is 1. The Morgan fingerprint density at radius 1 is 1.00 bits per heavy atom. The number of hydrogen-bond acceptors (Lipinski definition) is 4. The first-order chi connectivity index (χ1) is 16.5. The Hall–Kier alpha value is -3.48. The zero-order chi connectivity index (χ0) is 23.9. The van der Waals surface area contributed by atoms with E-state index in [-0.39, 0.29) is 18.5 Å². The van der Waals surface area contributed by atoms with Crippen LogP contribution in [0.5, 0.6) is 0 Å². The van der Waals surface area contributed by atoms with Crippen LogP contribution in [-0.4, -0.2) is 46.7 Å². The van der Waals surface area contributed by atoms with Crippen LogP contribution in [0.3, 0.4) is 0 Å². The van der Waals surface area contributed by atoms with Crippen LogP contribution in [-0.2, 0) is 16.1 Å². The Balaban J connectivity index is 1.58. The van der Waals surface area contributed by atoms with Crippen molar-refractivity contribution in [1.29, 1.82) is 0 Å². The maximum absolute atomic E-state index is 13.4. The number of benzene rings is 3. The molecule has 34 heavy (non-hydrogen) atoms. The van der Waals surface area contributed by atoms with Crippen molar-refractivity contribution in [2.75, 3.05) is 18.4 Å². The molecule has 1 aliphatic rings. The first-order valence-electron chi connectivity index (χ1n) is 11.2. The average molecular weight is 476 g/mol. The normalized spacial score (nSPS) is 16.4. The van der Waals surface area contributed by atoms with Crippen molar-refractivity contribution >= 4 is 34.9 Å². The summed E-state index contributed by atoms with van der Waals surface area (Å²) in [6.45, 7) is 1.07. The Labute approximate surface area is 203 Å². The zero-order valence-electron chi connectivity index (χ0n) is 18.7. The lowest BCUT2D eigenvalue weighted by Gasteiger charge is -2.25. The summed E-state index contributed by atoms with van der Waals surface area (Å²) in [5.74, 6) is -1.11. The van der Waals surface area contributed by atoms with E-state index in [9.17, 15) is 14.7 Å². The molecule has 1 heterocycles. The second kappa shape index (κ2) is 11.1. The van der Waals surface area contributed by atoms with Crippen LogP contribution in [0.2, 0.25) is 5.02 Å².